The van der Waals surface area contributed by atoms with Gasteiger partial charge in [0.15, 0.2) is 0 Å². The van der Waals surface area contributed by atoms with Crippen molar-refractivity contribution in [3.05, 3.63) is 28.3 Å². The molecule has 0 saturated carbocycles. The fourth-order valence-corrected chi connectivity index (χ4v) is 3.17. The Balaban J connectivity index is 1.99. The number of nitrogen functional groups attached to an aromatic ring is 1. The molecule has 3 aliphatic rings. The van der Waals surface area contributed by atoms with Crippen LogP contribution in [0.25, 0.3) is 0 Å². The summed E-state index contributed by atoms with van der Waals surface area (Å²) in [6, 6.07) is 5.95. The average molecular weight is 248 g/mol. The number of hydrogen-bond acceptors (Lipinski definition) is 5. The highest BCUT2D eigenvalue weighted by Crippen LogP contribution is 2.43. The molecular weight excluding hydrogens is 232 g/mol. The normalized spacial score (nSPS) is 26.8. The van der Waals surface area contributed by atoms with Crippen LogP contribution in [-0.2, 0) is 0 Å². The quantitative estimate of drug-likeness (QED) is 0.481. The van der Waals surface area contributed by atoms with Gasteiger partial charge < -0.3 is 15.5 Å². The summed E-state index contributed by atoms with van der Waals surface area (Å²) < 4.78 is 0. The van der Waals surface area contributed by atoms with Gasteiger partial charge >= 0.3 is 5.69 Å². The zero-order valence-corrected chi connectivity index (χ0v) is 10.2. The number of fused-ring (bicyclic) bond motifs is 2. The van der Waals surface area contributed by atoms with Crippen LogP contribution < -0.4 is 10.6 Å². The minimum Gasteiger partial charge on any atom is -0.393 e. The van der Waals surface area contributed by atoms with Crippen LogP contribution in [0.15, 0.2) is 18.2 Å². The maximum atomic E-state index is 11.2. The number of anilines is 2. The van der Waals surface area contributed by atoms with Crippen molar-refractivity contribution >= 4 is 17.1 Å². The first-order valence-electron chi connectivity index (χ1n) is 6.07. The number of nitrogens with two attached hydrogens (primary N) is 1. The van der Waals surface area contributed by atoms with Crippen LogP contribution in [0.4, 0.5) is 17.1 Å². The van der Waals surface area contributed by atoms with Gasteiger partial charge in [0.1, 0.15) is 11.4 Å². The molecule has 18 heavy (non-hydrogen) atoms. The Morgan fingerprint density at radius 3 is 2.67 bits per heavy atom. The number of hydrogen-bond donors (Lipinski definition) is 1. The SMILES string of the molecule is CN1CC2CC(C1)N2c1cccc(N)c1[N+](=O)[O-]. The van der Waals surface area contributed by atoms with E-state index >= 15 is 0 Å². The van der Waals surface area contributed by atoms with Gasteiger partial charge in [-0.25, -0.2) is 0 Å². The number of benzene rings is 1. The van der Waals surface area contributed by atoms with Crippen LogP contribution >= 0.6 is 0 Å². The maximum absolute atomic E-state index is 11.2. The standard InChI is InChI=1S/C12H16N4O2/c1-14-6-8-5-9(7-14)15(8)11-4-2-3-10(13)12(11)16(17)18/h2-4,8-9H,5-7,13H2,1H3. The Morgan fingerprint density at radius 2 is 2.06 bits per heavy atom. The molecular formula is C12H16N4O2. The second-order valence-corrected chi connectivity index (χ2v) is 5.14. The van der Waals surface area contributed by atoms with E-state index in [1.54, 1.807) is 18.2 Å². The first-order chi connectivity index (χ1) is 8.58. The van der Waals surface area contributed by atoms with E-state index in [0.29, 0.717) is 17.8 Å². The molecule has 1 aromatic rings. The summed E-state index contributed by atoms with van der Waals surface area (Å²) in [5, 5.41) is 11.2. The summed E-state index contributed by atoms with van der Waals surface area (Å²) in [5.74, 6) is 0. The molecule has 4 rings (SSSR count). The highest BCUT2D eigenvalue weighted by molar-refractivity contribution is 5.77. The van der Waals surface area contributed by atoms with Crippen molar-refractivity contribution in [3.63, 3.8) is 0 Å². The Morgan fingerprint density at radius 1 is 1.39 bits per heavy atom. The van der Waals surface area contributed by atoms with E-state index in [4.69, 9.17) is 5.73 Å². The number of nitro benzene ring substituents is 1. The van der Waals surface area contributed by atoms with Crippen molar-refractivity contribution in [2.24, 2.45) is 0 Å². The number of piperazine rings is 1. The van der Waals surface area contributed by atoms with E-state index in [1.165, 1.54) is 0 Å². The second kappa shape index (κ2) is 3.84. The summed E-state index contributed by atoms with van der Waals surface area (Å²) in [5.41, 5.74) is 6.71. The molecule has 0 spiro atoms. The lowest BCUT2D eigenvalue weighted by molar-refractivity contribution is -0.383. The molecule has 2 bridgehead atoms. The second-order valence-electron chi connectivity index (χ2n) is 5.14. The van der Waals surface area contributed by atoms with E-state index in [1.807, 2.05) is 0 Å². The van der Waals surface area contributed by atoms with E-state index in [0.717, 1.165) is 19.5 Å². The molecule has 6 heteroatoms. The fourth-order valence-electron chi connectivity index (χ4n) is 3.17. The predicted octanol–water partition coefficient (Wildman–Crippen LogP) is 1.07. The van der Waals surface area contributed by atoms with E-state index in [-0.39, 0.29) is 16.3 Å². The molecule has 6 nitrogen and oxygen atoms in total. The molecule has 1 aromatic carbocycles. The minimum absolute atomic E-state index is 0.0525. The number of nitrogens with zero attached hydrogens (tertiary/aromatic N) is 3. The van der Waals surface area contributed by atoms with Crippen molar-refractivity contribution in [2.75, 3.05) is 30.8 Å². The van der Waals surface area contributed by atoms with E-state index < -0.39 is 0 Å². The molecule has 2 unspecified atom stereocenters. The third-order valence-electron chi connectivity index (χ3n) is 3.88. The Bertz CT molecular complexity index is 493. The van der Waals surface area contributed by atoms with E-state index in [9.17, 15) is 10.1 Å². The summed E-state index contributed by atoms with van der Waals surface area (Å²) in [4.78, 5) is 15.2. The van der Waals surface area contributed by atoms with Crippen LogP contribution in [0.5, 0.6) is 0 Å². The van der Waals surface area contributed by atoms with Gasteiger partial charge in [-0.2, -0.15) is 0 Å². The van der Waals surface area contributed by atoms with Crippen molar-refractivity contribution in [1.29, 1.82) is 0 Å². The Hall–Kier alpha value is -1.82. The van der Waals surface area contributed by atoms with Crippen molar-refractivity contribution in [1.82, 2.24) is 4.90 Å². The number of likely N-dealkylation sites (N-methyl/N-ethyl adjacent to an activating group) is 1. The molecule has 0 amide bonds. The smallest absolute Gasteiger partial charge is 0.315 e. The van der Waals surface area contributed by atoms with Gasteiger partial charge in [-0.15, -0.1) is 0 Å². The highest BCUT2D eigenvalue weighted by atomic mass is 16.6. The number of para-hydroxylation sites is 1. The first kappa shape index (κ1) is 11.3. The topological polar surface area (TPSA) is 75.6 Å². The van der Waals surface area contributed by atoms with E-state index in [2.05, 4.69) is 16.8 Å². The molecule has 96 valence electrons. The van der Waals surface area contributed by atoms with Crippen molar-refractivity contribution in [2.45, 2.75) is 18.5 Å². The molecule has 2 atom stereocenters. The number of piperidine rings is 1. The molecule has 3 aliphatic heterocycles. The van der Waals surface area contributed by atoms with Gasteiger partial charge in [0.2, 0.25) is 0 Å². The van der Waals surface area contributed by atoms with Crippen LogP contribution in [0.2, 0.25) is 0 Å². The van der Waals surface area contributed by atoms with Gasteiger partial charge in [-0.05, 0) is 25.6 Å². The van der Waals surface area contributed by atoms with Crippen LogP contribution in [0.1, 0.15) is 6.42 Å². The highest BCUT2D eigenvalue weighted by Gasteiger charge is 2.45. The summed E-state index contributed by atoms with van der Waals surface area (Å²) >= 11 is 0. The average Bonchev–Trinajstić information content (AvgIpc) is 2.27. The van der Waals surface area contributed by atoms with Crippen molar-refractivity contribution in [3.8, 4) is 0 Å². The zero-order valence-electron chi connectivity index (χ0n) is 10.2. The summed E-state index contributed by atoms with van der Waals surface area (Å²) in [6.07, 6.45) is 1.12. The lowest BCUT2D eigenvalue weighted by Gasteiger charge is -2.56. The van der Waals surface area contributed by atoms with Gasteiger partial charge in [-0.1, -0.05) is 6.07 Å². The third kappa shape index (κ3) is 1.53. The van der Waals surface area contributed by atoms with Crippen LogP contribution in [0, 0.1) is 10.1 Å². The summed E-state index contributed by atoms with van der Waals surface area (Å²) in [6.45, 7) is 1.92. The predicted molar refractivity (Wildman–Crippen MR) is 69.7 cm³/mol. The maximum Gasteiger partial charge on any atom is 0.315 e. The zero-order chi connectivity index (χ0) is 12.9. The largest absolute Gasteiger partial charge is 0.393 e. The number of rotatable bonds is 2. The minimum atomic E-state index is -0.373. The lowest BCUT2D eigenvalue weighted by atomic mass is 9.86. The third-order valence-corrected chi connectivity index (χ3v) is 3.88. The molecule has 0 radical (unpaired) electrons. The molecule has 3 fully saturated rings. The Labute approximate surface area is 105 Å². The van der Waals surface area contributed by atoms with Gasteiger partial charge in [0, 0.05) is 25.2 Å². The van der Waals surface area contributed by atoms with Crippen LogP contribution in [-0.4, -0.2) is 42.0 Å². The molecule has 3 saturated heterocycles. The molecule has 0 aromatic heterocycles. The summed E-state index contributed by atoms with van der Waals surface area (Å²) in [7, 11) is 2.09. The monoisotopic (exact) mass is 248 g/mol. The van der Waals surface area contributed by atoms with Gasteiger partial charge in [-0.3, -0.25) is 10.1 Å². The van der Waals surface area contributed by atoms with Crippen LogP contribution in [0.3, 0.4) is 0 Å². The lowest BCUT2D eigenvalue weighted by Crippen LogP contribution is -2.68. The molecule has 3 heterocycles. The van der Waals surface area contributed by atoms with Gasteiger partial charge in [0.05, 0.1) is 4.92 Å². The Kier molecular flexibility index (Phi) is 2.41. The number of nitro groups is 1. The molecule has 0 aliphatic carbocycles. The van der Waals surface area contributed by atoms with Crippen molar-refractivity contribution < 1.29 is 4.92 Å². The fraction of sp³-hybridized carbons (Fsp3) is 0.500. The first-order valence-corrected chi connectivity index (χ1v) is 6.07. The molecule has 2 N–H and O–H groups in total. The van der Waals surface area contributed by atoms with Gasteiger partial charge in [0.25, 0.3) is 0 Å².